The summed E-state index contributed by atoms with van der Waals surface area (Å²) in [5, 5.41) is 28.2. The van der Waals surface area contributed by atoms with Crippen LogP contribution in [0.25, 0.3) is 0 Å². The molecule has 1 saturated heterocycles. The third-order valence-corrected chi connectivity index (χ3v) is 2.70. The van der Waals surface area contributed by atoms with Crippen LogP contribution < -0.4 is 5.73 Å². The zero-order chi connectivity index (χ0) is 11.7. The van der Waals surface area contributed by atoms with Crippen LogP contribution in [0.4, 0.5) is 0 Å². The van der Waals surface area contributed by atoms with E-state index in [-0.39, 0.29) is 13.3 Å². The Balaban J connectivity index is 2.04. The summed E-state index contributed by atoms with van der Waals surface area (Å²) in [4.78, 5) is 5.58. The highest BCUT2D eigenvalue weighted by atomic mass is 16.6. The molecule has 0 aromatic rings. The van der Waals surface area contributed by atoms with Crippen LogP contribution in [0.2, 0.25) is 0 Å². The van der Waals surface area contributed by atoms with Gasteiger partial charge in [0, 0.05) is 6.20 Å². The van der Waals surface area contributed by atoms with E-state index >= 15 is 0 Å². The Morgan fingerprint density at radius 2 is 2.25 bits per heavy atom. The number of aliphatic hydroxyl groups is 3. The molecule has 1 fully saturated rings. The van der Waals surface area contributed by atoms with Gasteiger partial charge in [0.05, 0.1) is 6.61 Å². The number of hydrogen-bond acceptors (Lipinski definition) is 7. The Hall–Kier alpha value is -1.15. The molecule has 4 atom stereocenters. The lowest BCUT2D eigenvalue weighted by atomic mass is 10.1. The maximum Gasteiger partial charge on any atom is 0.160 e. The van der Waals surface area contributed by atoms with E-state index in [1.807, 2.05) is 0 Å². The van der Waals surface area contributed by atoms with Crippen molar-refractivity contribution in [1.82, 2.24) is 4.90 Å². The van der Waals surface area contributed by atoms with Crippen molar-refractivity contribution >= 4 is 5.84 Å². The van der Waals surface area contributed by atoms with Crippen LogP contribution in [0.1, 0.15) is 0 Å². The summed E-state index contributed by atoms with van der Waals surface area (Å²) >= 11 is 0. The van der Waals surface area contributed by atoms with E-state index in [4.69, 9.17) is 15.6 Å². The van der Waals surface area contributed by atoms with Crippen LogP contribution in [0.3, 0.4) is 0 Å². The van der Waals surface area contributed by atoms with Crippen molar-refractivity contribution in [3.63, 3.8) is 0 Å². The van der Waals surface area contributed by atoms with Crippen LogP contribution in [-0.2, 0) is 4.74 Å². The molecular weight excluding hydrogens is 214 g/mol. The lowest BCUT2D eigenvalue weighted by Crippen LogP contribution is -2.43. The molecule has 2 aliphatic heterocycles. The standard InChI is InChI=1S/C9H15N3O4/c10-6-1-2-12(4-11-6)9-8(15)7(14)5(3-13)16-9/h1-2,5,7-9,13-15H,3-4H2,(H2,10,11)/t5-,7-,8-,9-/m1/s1. The minimum absolute atomic E-state index is 0.259. The third kappa shape index (κ3) is 1.90. The number of nitrogens with zero attached hydrogens (tertiary/aromatic N) is 2. The first-order valence-electron chi connectivity index (χ1n) is 5.00. The van der Waals surface area contributed by atoms with E-state index in [2.05, 4.69) is 4.99 Å². The Labute approximate surface area is 92.4 Å². The van der Waals surface area contributed by atoms with Gasteiger partial charge in [-0.3, -0.25) is 0 Å². The molecule has 0 unspecified atom stereocenters. The Bertz CT molecular complexity index is 320. The summed E-state index contributed by atoms with van der Waals surface area (Å²) in [6.45, 7) is -0.0768. The quantitative estimate of drug-likeness (QED) is 0.419. The Morgan fingerprint density at radius 1 is 1.50 bits per heavy atom. The fourth-order valence-electron chi connectivity index (χ4n) is 1.75. The molecule has 2 rings (SSSR count). The van der Waals surface area contributed by atoms with Crippen molar-refractivity contribution < 1.29 is 20.1 Å². The van der Waals surface area contributed by atoms with Gasteiger partial charge in [-0.25, -0.2) is 4.99 Å². The number of hydrogen-bond donors (Lipinski definition) is 4. The maximum absolute atomic E-state index is 9.74. The van der Waals surface area contributed by atoms with Crippen molar-refractivity contribution in [2.45, 2.75) is 24.5 Å². The Kier molecular flexibility index (Phi) is 3.10. The molecule has 7 heteroatoms. The monoisotopic (exact) mass is 229 g/mol. The van der Waals surface area contributed by atoms with Crippen molar-refractivity contribution in [2.75, 3.05) is 13.3 Å². The second kappa shape index (κ2) is 4.38. The Morgan fingerprint density at radius 3 is 2.75 bits per heavy atom. The fourth-order valence-corrected chi connectivity index (χ4v) is 1.75. The van der Waals surface area contributed by atoms with Crippen LogP contribution in [0.15, 0.2) is 17.3 Å². The van der Waals surface area contributed by atoms with Gasteiger partial charge in [-0.15, -0.1) is 0 Å². The number of ether oxygens (including phenoxy) is 1. The zero-order valence-electron chi connectivity index (χ0n) is 8.60. The van der Waals surface area contributed by atoms with Gasteiger partial charge in [0.15, 0.2) is 6.23 Å². The molecule has 5 N–H and O–H groups in total. The smallest absolute Gasteiger partial charge is 0.160 e. The van der Waals surface area contributed by atoms with Crippen molar-refractivity contribution in [3.8, 4) is 0 Å². The second-order valence-electron chi connectivity index (χ2n) is 3.78. The zero-order valence-corrected chi connectivity index (χ0v) is 8.60. The summed E-state index contributed by atoms with van der Waals surface area (Å²) in [6.07, 6.45) is -0.416. The van der Waals surface area contributed by atoms with Gasteiger partial charge < -0.3 is 30.7 Å². The molecule has 16 heavy (non-hydrogen) atoms. The molecule has 7 nitrogen and oxygen atoms in total. The predicted octanol–water partition coefficient (Wildman–Crippen LogP) is -2.43. The number of aliphatic imine (C=N–C) groups is 1. The molecule has 0 spiro atoms. The van der Waals surface area contributed by atoms with Gasteiger partial charge in [-0.2, -0.15) is 0 Å². The van der Waals surface area contributed by atoms with Gasteiger partial charge >= 0.3 is 0 Å². The summed E-state index contributed by atoms with van der Waals surface area (Å²) < 4.78 is 5.32. The number of amidine groups is 1. The van der Waals surface area contributed by atoms with E-state index in [1.165, 1.54) is 0 Å². The first-order valence-corrected chi connectivity index (χ1v) is 5.00. The minimum atomic E-state index is -1.09. The first kappa shape index (κ1) is 11.3. The summed E-state index contributed by atoms with van der Waals surface area (Å²) in [6, 6.07) is 0. The largest absolute Gasteiger partial charge is 0.394 e. The van der Waals surface area contributed by atoms with Crippen LogP contribution in [0.5, 0.6) is 0 Å². The molecule has 0 aromatic carbocycles. The topological polar surface area (TPSA) is 112 Å². The molecule has 0 aliphatic carbocycles. The maximum atomic E-state index is 9.74. The van der Waals surface area contributed by atoms with Gasteiger partial charge in [-0.1, -0.05) is 0 Å². The van der Waals surface area contributed by atoms with Gasteiger partial charge in [-0.05, 0) is 6.08 Å². The number of aliphatic hydroxyl groups excluding tert-OH is 3. The van der Waals surface area contributed by atoms with E-state index < -0.39 is 24.5 Å². The SMILES string of the molecule is NC1=NCN([C@@H]2O[C@H](CO)[C@@H](O)[C@H]2O)C=C1. The van der Waals surface area contributed by atoms with Gasteiger partial charge in [0.1, 0.15) is 30.8 Å². The fraction of sp³-hybridized carbons (Fsp3) is 0.667. The average molecular weight is 229 g/mol. The second-order valence-corrected chi connectivity index (χ2v) is 3.78. The van der Waals surface area contributed by atoms with Crippen LogP contribution >= 0.6 is 0 Å². The molecule has 0 amide bonds. The van der Waals surface area contributed by atoms with Crippen molar-refractivity contribution in [1.29, 1.82) is 0 Å². The molecule has 2 heterocycles. The molecule has 0 bridgehead atoms. The molecule has 90 valence electrons. The molecule has 0 aromatic heterocycles. The third-order valence-electron chi connectivity index (χ3n) is 2.70. The minimum Gasteiger partial charge on any atom is -0.394 e. The highest BCUT2D eigenvalue weighted by Gasteiger charge is 2.44. The molecule has 0 radical (unpaired) electrons. The summed E-state index contributed by atoms with van der Waals surface area (Å²) in [5.41, 5.74) is 5.45. The normalized spacial score (nSPS) is 38.9. The lowest BCUT2D eigenvalue weighted by molar-refractivity contribution is -0.0791. The lowest BCUT2D eigenvalue weighted by Gasteiger charge is -2.29. The average Bonchev–Trinajstić information content (AvgIpc) is 2.57. The molecular formula is C9H15N3O4. The van der Waals surface area contributed by atoms with E-state index in [9.17, 15) is 10.2 Å². The van der Waals surface area contributed by atoms with Crippen molar-refractivity contribution in [3.05, 3.63) is 12.3 Å². The van der Waals surface area contributed by atoms with E-state index in [0.717, 1.165) is 0 Å². The summed E-state index contributed by atoms with van der Waals surface area (Å²) in [7, 11) is 0. The first-order chi connectivity index (χ1) is 7.63. The highest BCUT2D eigenvalue weighted by Crippen LogP contribution is 2.24. The van der Waals surface area contributed by atoms with Crippen LogP contribution in [-0.4, -0.2) is 63.9 Å². The highest BCUT2D eigenvalue weighted by molar-refractivity contribution is 5.91. The van der Waals surface area contributed by atoms with E-state index in [0.29, 0.717) is 5.84 Å². The predicted molar refractivity (Wildman–Crippen MR) is 55.2 cm³/mol. The number of rotatable bonds is 2. The van der Waals surface area contributed by atoms with Gasteiger partial charge in [0.2, 0.25) is 0 Å². The van der Waals surface area contributed by atoms with Crippen LogP contribution in [0, 0.1) is 0 Å². The molecule has 0 saturated carbocycles. The summed E-state index contributed by atoms with van der Waals surface area (Å²) in [5.74, 6) is 0.406. The van der Waals surface area contributed by atoms with Crippen molar-refractivity contribution in [2.24, 2.45) is 10.7 Å². The molecule has 2 aliphatic rings. The van der Waals surface area contributed by atoms with Gasteiger partial charge in [0.25, 0.3) is 0 Å². The number of nitrogens with two attached hydrogens (primary N) is 1. The van der Waals surface area contributed by atoms with E-state index in [1.54, 1.807) is 17.2 Å².